The predicted octanol–water partition coefficient (Wildman–Crippen LogP) is 0.228. The van der Waals surface area contributed by atoms with Crippen molar-refractivity contribution in [3.05, 3.63) is 34.2 Å². The molecule has 0 spiro atoms. The third-order valence-electron chi connectivity index (χ3n) is 3.56. The summed E-state index contributed by atoms with van der Waals surface area (Å²) in [5.41, 5.74) is 0.187. The van der Waals surface area contributed by atoms with Gasteiger partial charge in [-0.15, -0.1) is 0 Å². The highest BCUT2D eigenvalue weighted by molar-refractivity contribution is 5.94. The second-order valence-electron chi connectivity index (χ2n) is 4.95. The van der Waals surface area contributed by atoms with E-state index in [9.17, 15) is 14.7 Å². The van der Waals surface area contributed by atoms with Crippen molar-refractivity contribution in [1.82, 2.24) is 9.47 Å². The summed E-state index contributed by atoms with van der Waals surface area (Å²) in [5, 5.41) is 9.78. The van der Waals surface area contributed by atoms with Gasteiger partial charge in [-0.05, 0) is 18.4 Å². The number of aryl methyl sites for hydroxylation is 1. The van der Waals surface area contributed by atoms with Crippen LogP contribution >= 0.6 is 0 Å². The Labute approximate surface area is 106 Å². The second-order valence-corrected chi connectivity index (χ2v) is 4.95. The van der Waals surface area contributed by atoms with Gasteiger partial charge < -0.3 is 14.6 Å². The first-order valence-electron chi connectivity index (χ1n) is 6.13. The molecule has 2 heterocycles. The minimum Gasteiger partial charge on any atom is -0.391 e. The highest BCUT2D eigenvalue weighted by atomic mass is 16.3. The van der Waals surface area contributed by atoms with Crippen molar-refractivity contribution in [2.24, 2.45) is 13.0 Å². The van der Waals surface area contributed by atoms with E-state index < -0.39 is 6.10 Å². The number of aromatic nitrogens is 1. The lowest BCUT2D eigenvalue weighted by Gasteiger charge is -2.34. The van der Waals surface area contributed by atoms with E-state index in [2.05, 4.69) is 0 Å². The molecule has 2 atom stereocenters. The zero-order valence-electron chi connectivity index (χ0n) is 10.7. The predicted molar refractivity (Wildman–Crippen MR) is 67.4 cm³/mol. The molecule has 1 N–H and O–H groups in total. The number of nitrogens with zero attached hydrogens (tertiary/aromatic N) is 2. The van der Waals surface area contributed by atoms with Gasteiger partial charge in [-0.1, -0.05) is 6.92 Å². The zero-order chi connectivity index (χ0) is 13.3. The lowest BCUT2D eigenvalue weighted by Crippen LogP contribution is -2.46. The third-order valence-corrected chi connectivity index (χ3v) is 3.56. The summed E-state index contributed by atoms with van der Waals surface area (Å²) >= 11 is 0. The lowest BCUT2D eigenvalue weighted by molar-refractivity contribution is 0.0248. The molecule has 1 amide bonds. The van der Waals surface area contributed by atoms with Crippen molar-refractivity contribution < 1.29 is 9.90 Å². The van der Waals surface area contributed by atoms with E-state index in [-0.39, 0.29) is 17.4 Å². The molecule has 0 aromatic carbocycles. The van der Waals surface area contributed by atoms with Crippen LogP contribution in [-0.4, -0.2) is 39.7 Å². The Morgan fingerprint density at radius 1 is 1.50 bits per heavy atom. The van der Waals surface area contributed by atoms with Gasteiger partial charge in [0, 0.05) is 38.0 Å². The van der Waals surface area contributed by atoms with E-state index in [1.165, 1.54) is 10.6 Å². The number of piperidine rings is 1. The second kappa shape index (κ2) is 4.94. The van der Waals surface area contributed by atoms with Crippen molar-refractivity contribution in [1.29, 1.82) is 0 Å². The molecule has 1 fully saturated rings. The highest BCUT2D eigenvalue weighted by Gasteiger charge is 2.27. The molecule has 5 nitrogen and oxygen atoms in total. The Morgan fingerprint density at radius 2 is 2.22 bits per heavy atom. The molecule has 5 heteroatoms. The summed E-state index contributed by atoms with van der Waals surface area (Å²) in [6.45, 7) is 2.95. The molecule has 2 unspecified atom stereocenters. The molecule has 1 aromatic heterocycles. The van der Waals surface area contributed by atoms with Gasteiger partial charge >= 0.3 is 0 Å². The summed E-state index contributed by atoms with van der Waals surface area (Å²) in [4.78, 5) is 25.3. The van der Waals surface area contributed by atoms with Crippen molar-refractivity contribution >= 4 is 5.91 Å². The molecule has 0 bridgehead atoms. The topological polar surface area (TPSA) is 62.5 Å². The molecule has 1 saturated heterocycles. The van der Waals surface area contributed by atoms with Crippen LogP contribution in [-0.2, 0) is 7.05 Å². The average Bonchev–Trinajstić information content (AvgIpc) is 2.35. The van der Waals surface area contributed by atoms with Crippen LogP contribution < -0.4 is 5.56 Å². The minimum absolute atomic E-state index is 0.182. The van der Waals surface area contributed by atoms with Gasteiger partial charge in [-0.3, -0.25) is 9.59 Å². The standard InChI is InChI=1S/C13H18N2O3/c1-9-3-6-15(8-11(9)16)13(18)10-4-5-14(2)12(17)7-10/h4-5,7,9,11,16H,3,6,8H2,1-2H3. The Balaban J connectivity index is 2.16. The number of likely N-dealkylation sites (tertiary alicyclic amines) is 1. The zero-order valence-corrected chi connectivity index (χ0v) is 10.7. The number of aliphatic hydroxyl groups is 1. The largest absolute Gasteiger partial charge is 0.391 e. The summed E-state index contributed by atoms with van der Waals surface area (Å²) in [6.07, 6.45) is 1.89. The molecule has 1 aromatic rings. The Bertz CT molecular complexity index is 509. The van der Waals surface area contributed by atoms with E-state index in [1.807, 2.05) is 6.92 Å². The fourth-order valence-electron chi connectivity index (χ4n) is 2.10. The monoisotopic (exact) mass is 250 g/mol. The van der Waals surface area contributed by atoms with E-state index in [0.29, 0.717) is 18.7 Å². The molecular formula is C13H18N2O3. The van der Waals surface area contributed by atoms with E-state index >= 15 is 0 Å². The van der Waals surface area contributed by atoms with Gasteiger partial charge in [-0.2, -0.15) is 0 Å². The molecule has 18 heavy (non-hydrogen) atoms. The number of β-amino-alcohol motifs (C(OH)–C–C–N with tert-alkyl or cyclic N) is 1. The molecule has 0 saturated carbocycles. The molecule has 1 aliphatic rings. The molecule has 98 valence electrons. The van der Waals surface area contributed by atoms with Gasteiger partial charge in [-0.25, -0.2) is 0 Å². The first-order chi connectivity index (χ1) is 8.49. The van der Waals surface area contributed by atoms with Crippen LogP contribution in [0.1, 0.15) is 23.7 Å². The maximum atomic E-state index is 12.2. The quantitative estimate of drug-likeness (QED) is 0.776. The number of aliphatic hydroxyl groups excluding tert-OH is 1. The van der Waals surface area contributed by atoms with Crippen LogP contribution in [0.4, 0.5) is 0 Å². The van der Waals surface area contributed by atoms with Gasteiger partial charge in [0.2, 0.25) is 0 Å². The number of rotatable bonds is 1. The van der Waals surface area contributed by atoms with Crippen LogP contribution in [0.15, 0.2) is 23.1 Å². The maximum absolute atomic E-state index is 12.2. The van der Waals surface area contributed by atoms with Crippen LogP contribution in [0.25, 0.3) is 0 Å². The fourth-order valence-corrected chi connectivity index (χ4v) is 2.10. The summed E-state index contributed by atoms with van der Waals surface area (Å²) in [6, 6.07) is 2.97. The highest BCUT2D eigenvalue weighted by Crippen LogP contribution is 2.18. The number of pyridine rings is 1. The summed E-state index contributed by atoms with van der Waals surface area (Å²) in [5.74, 6) is 0.0383. The Morgan fingerprint density at radius 3 is 2.83 bits per heavy atom. The average molecular weight is 250 g/mol. The van der Waals surface area contributed by atoms with Gasteiger partial charge in [0.15, 0.2) is 0 Å². The Hall–Kier alpha value is -1.62. The van der Waals surface area contributed by atoms with Crippen LogP contribution in [0, 0.1) is 5.92 Å². The minimum atomic E-state index is -0.478. The third kappa shape index (κ3) is 2.46. The molecular weight excluding hydrogens is 232 g/mol. The van der Waals surface area contributed by atoms with Crippen LogP contribution in [0.3, 0.4) is 0 Å². The molecule has 0 radical (unpaired) electrons. The van der Waals surface area contributed by atoms with Crippen molar-refractivity contribution in [2.75, 3.05) is 13.1 Å². The number of carbonyl (C=O) groups is 1. The molecule has 0 aliphatic carbocycles. The number of carbonyl (C=O) groups excluding carboxylic acids is 1. The SMILES string of the molecule is CC1CCN(C(=O)c2ccn(C)c(=O)c2)CC1O. The maximum Gasteiger partial charge on any atom is 0.254 e. The number of hydrogen-bond donors (Lipinski definition) is 1. The van der Waals surface area contributed by atoms with Crippen LogP contribution in [0.2, 0.25) is 0 Å². The number of amides is 1. The van der Waals surface area contributed by atoms with Crippen molar-refractivity contribution in [3.8, 4) is 0 Å². The van der Waals surface area contributed by atoms with Gasteiger partial charge in [0.25, 0.3) is 11.5 Å². The van der Waals surface area contributed by atoms with E-state index in [4.69, 9.17) is 0 Å². The van der Waals surface area contributed by atoms with E-state index in [1.54, 1.807) is 24.2 Å². The Kier molecular flexibility index (Phi) is 3.52. The number of hydrogen-bond acceptors (Lipinski definition) is 3. The normalized spacial score (nSPS) is 24.1. The first kappa shape index (κ1) is 12.8. The summed E-state index contributed by atoms with van der Waals surface area (Å²) < 4.78 is 1.42. The summed E-state index contributed by atoms with van der Waals surface area (Å²) in [7, 11) is 1.64. The smallest absolute Gasteiger partial charge is 0.254 e. The van der Waals surface area contributed by atoms with Crippen molar-refractivity contribution in [3.63, 3.8) is 0 Å². The lowest BCUT2D eigenvalue weighted by atomic mass is 9.95. The first-order valence-corrected chi connectivity index (χ1v) is 6.13. The van der Waals surface area contributed by atoms with Gasteiger partial charge in [0.1, 0.15) is 0 Å². The van der Waals surface area contributed by atoms with E-state index in [0.717, 1.165) is 6.42 Å². The van der Waals surface area contributed by atoms with Gasteiger partial charge in [0.05, 0.1) is 6.10 Å². The fraction of sp³-hybridized carbons (Fsp3) is 0.538. The van der Waals surface area contributed by atoms with Crippen LogP contribution in [0.5, 0.6) is 0 Å². The molecule has 1 aliphatic heterocycles. The molecule has 2 rings (SSSR count). The van der Waals surface area contributed by atoms with Crippen molar-refractivity contribution in [2.45, 2.75) is 19.4 Å².